The van der Waals surface area contributed by atoms with Gasteiger partial charge in [-0.15, -0.1) is 0 Å². The Labute approximate surface area is 160 Å². The Kier molecular flexibility index (Phi) is 5.88. The summed E-state index contributed by atoms with van der Waals surface area (Å²) in [7, 11) is 1.60. The van der Waals surface area contributed by atoms with Gasteiger partial charge >= 0.3 is 6.09 Å². The summed E-state index contributed by atoms with van der Waals surface area (Å²) in [5.74, 6) is -1.63. The fourth-order valence-corrected chi connectivity index (χ4v) is 3.04. The Morgan fingerprint density at radius 3 is 2.89 bits per heavy atom. The molecule has 28 heavy (non-hydrogen) atoms. The van der Waals surface area contributed by atoms with Gasteiger partial charge in [0.2, 0.25) is 0 Å². The number of hydrogen-bond acceptors (Lipinski definition) is 6. The van der Waals surface area contributed by atoms with Crippen molar-refractivity contribution in [2.75, 3.05) is 31.7 Å². The van der Waals surface area contributed by atoms with E-state index in [1.807, 2.05) is 5.32 Å². The molecule has 150 valence electrons. The molecule has 3 rings (SSSR count). The zero-order chi connectivity index (χ0) is 20.3. The number of alkyl carbamates (subject to hydrolysis) is 1. The van der Waals surface area contributed by atoms with Gasteiger partial charge in [-0.25, -0.2) is 18.6 Å². The molecule has 1 aliphatic heterocycles. The number of hydrogen-bond donors (Lipinski definition) is 3. The summed E-state index contributed by atoms with van der Waals surface area (Å²) in [4.78, 5) is 17.3. The molecule has 1 aromatic heterocycles. The second kappa shape index (κ2) is 8.34. The van der Waals surface area contributed by atoms with Gasteiger partial charge < -0.3 is 20.1 Å². The topological polar surface area (TPSA) is 114 Å². The predicted molar refractivity (Wildman–Crippen MR) is 98.5 cm³/mol. The molecule has 10 heteroatoms. The van der Waals surface area contributed by atoms with Gasteiger partial charge in [-0.2, -0.15) is 0 Å². The number of guanidine groups is 1. The van der Waals surface area contributed by atoms with E-state index in [4.69, 9.17) is 20.6 Å². The van der Waals surface area contributed by atoms with Crippen molar-refractivity contribution in [1.29, 1.82) is 5.41 Å². The molecule has 0 spiro atoms. The van der Waals surface area contributed by atoms with Crippen molar-refractivity contribution >= 4 is 17.9 Å². The quantitative estimate of drug-likeness (QED) is 0.517. The molecule has 0 aromatic carbocycles. The van der Waals surface area contributed by atoms with E-state index in [9.17, 15) is 13.6 Å². The molecular weight excluding hydrogens is 372 g/mol. The van der Waals surface area contributed by atoms with Crippen molar-refractivity contribution in [2.45, 2.75) is 18.2 Å². The highest BCUT2D eigenvalue weighted by molar-refractivity contribution is 5.90. The number of nitrogens with one attached hydrogen (secondary N) is 2. The van der Waals surface area contributed by atoms with E-state index in [0.717, 1.165) is 0 Å². The van der Waals surface area contributed by atoms with Gasteiger partial charge in [-0.3, -0.25) is 10.7 Å². The van der Waals surface area contributed by atoms with Crippen LogP contribution in [0.15, 0.2) is 36.1 Å². The number of methoxy groups -OCH3 is 1. The number of pyridine rings is 1. The molecule has 2 unspecified atom stereocenters. The monoisotopic (exact) mass is 393 g/mol. The molecule has 1 fully saturated rings. The van der Waals surface area contributed by atoms with Crippen LogP contribution >= 0.6 is 0 Å². The van der Waals surface area contributed by atoms with Crippen LogP contribution in [0.25, 0.3) is 0 Å². The predicted octanol–water partition coefficient (Wildman–Crippen LogP) is 1.59. The number of anilines is 1. The lowest BCUT2D eigenvalue weighted by Crippen LogP contribution is -2.52. The van der Waals surface area contributed by atoms with Crippen LogP contribution in [-0.4, -0.2) is 56.1 Å². The summed E-state index contributed by atoms with van der Waals surface area (Å²) in [6, 6.07) is 1.27. The summed E-state index contributed by atoms with van der Waals surface area (Å²) in [6.07, 6.45) is 3.76. The first kappa shape index (κ1) is 19.7. The van der Waals surface area contributed by atoms with Crippen LogP contribution in [0.3, 0.4) is 0 Å². The van der Waals surface area contributed by atoms with Gasteiger partial charge in [0, 0.05) is 37.9 Å². The standard InChI is InChI=1S/C18H21F2N5O3/c1-27-12-7-25(8-12)16-14(19)5-11(6-23-16)13-4-2-3-10(15(13)20)9-28-18(26)24-17(21)22/h2-6,12-13,15H,7-9H2,1H3,(H4,21,22,24,26). The van der Waals surface area contributed by atoms with E-state index >= 15 is 0 Å². The average Bonchev–Trinajstić information content (AvgIpc) is 2.60. The lowest BCUT2D eigenvalue weighted by Gasteiger charge is -2.39. The van der Waals surface area contributed by atoms with Crippen molar-refractivity contribution in [2.24, 2.45) is 5.73 Å². The van der Waals surface area contributed by atoms with Crippen molar-refractivity contribution < 1.29 is 23.0 Å². The van der Waals surface area contributed by atoms with Crippen molar-refractivity contribution in [1.82, 2.24) is 10.3 Å². The van der Waals surface area contributed by atoms with Gasteiger partial charge in [-0.1, -0.05) is 18.2 Å². The Hall–Kier alpha value is -3.01. The van der Waals surface area contributed by atoms with E-state index in [1.54, 1.807) is 24.2 Å². The van der Waals surface area contributed by atoms with Crippen molar-refractivity contribution in [3.8, 4) is 0 Å². The third-order valence-electron chi connectivity index (χ3n) is 4.61. The number of amides is 1. The molecule has 1 amide bonds. The maximum absolute atomic E-state index is 14.9. The van der Waals surface area contributed by atoms with Crippen molar-refractivity contribution in [3.05, 3.63) is 47.4 Å². The highest BCUT2D eigenvalue weighted by Gasteiger charge is 2.31. The molecule has 1 aromatic rings. The number of carbonyl (C=O) groups excluding carboxylic acids is 1. The van der Waals surface area contributed by atoms with E-state index in [2.05, 4.69) is 4.98 Å². The minimum absolute atomic E-state index is 0.0604. The zero-order valence-corrected chi connectivity index (χ0v) is 15.2. The summed E-state index contributed by atoms with van der Waals surface area (Å²) in [6.45, 7) is 0.796. The molecular formula is C18H21F2N5O3. The lowest BCUT2D eigenvalue weighted by molar-refractivity contribution is 0.0779. The SMILES string of the molecule is COC1CN(c2ncc(C3C=CC=C(COC(=O)NC(=N)N)C3F)cc2F)C1. The van der Waals surface area contributed by atoms with Gasteiger partial charge in [0.05, 0.1) is 6.10 Å². The number of halogens is 2. The minimum Gasteiger partial charge on any atom is -0.445 e. The van der Waals surface area contributed by atoms with E-state index in [1.165, 1.54) is 18.3 Å². The molecule has 0 saturated carbocycles. The average molecular weight is 393 g/mol. The number of carbonyl (C=O) groups is 1. The van der Waals surface area contributed by atoms with Crippen LogP contribution in [0.1, 0.15) is 11.5 Å². The Bertz CT molecular complexity index is 823. The van der Waals surface area contributed by atoms with E-state index < -0.39 is 30.0 Å². The second-order valence-corrected chi connectivity index (χ2v) is 6.51. The lowest BCUT2D eigenvalue weighted by atomic mass is 9.87. The van der Waals surface area contributed by atoms with E-state index in [-0.39, 0.29) is 24.1 Å². The van der Waals surface area contributed by atoms with Crippen LogP contribution in [0.4, 0.5) is 19.4 Å². The highest BCUT2D eigenvalue weighted by Crippen LogP contribution is 2.33. The molecule has 0 radical (unpaired) electrons. The molecule has 2 heterocycles. The van der Waals surface area contributed by atoms with Crippen LogP contribution in [0.5, 0.6) is 0 Å². The molecule has 1 aliphatic carbocycles. The second-order valence-electron chi connectivity index (χ2n) is 6.51. The smallest absolute Gasteiger partial charge is 0.414 e. The Balaban J connectivity index is 1.65. The number of rotatable bonds is 5. The molecule has 8 nitrogen and oxygen atoms in total. The number of aromatic nitrogens is 1. The largest absolute Gasteiger partial charge is 0.445 e. The summed E-state index contributed by atoms with van der Waals surface area (Å²) < 4.78 is 39.4. The fraction of sp³-hybridized carbons (Fsp3) is 0.389. The first-order valence-electron chi connectivity index (χ1n) is 8.61. The number of alkyl halides is 1. The normalized spacial score (nSPS) is 21.7. The number of nitrogens with zero attached hydrogens (tertiary/aromatic N) is 2. The zero-order valence-electron chi connectivity index (χ0n) is 15.2. The first-order valence-corrected chi connectivity index (χ1v) is 8.61. The molecule has 2 atom stereocenters. The Morgan fingerprint density at radius 1 is 1.50 bits per heavy atom. The van der Waals surface area contributed by atoms with Crippen LogP contribution in [0, 0.1) is 11.2 Å². The van der Waals surface area contributed by atoms with Crippen LogP contribution in [0.2, 0.25) is 0 Å². The van der Waals surface area contributed by atoms with Gasteiger partial charge in [-0.05, 0) is 11.6 Å². The fourth-order valence-electron chi connectivity index (χ4n) is 3.04. The highest BCUT2D eigenvalue weighted by atomic mass is 19.1. The molecule has 2 aliphatic rings. The minimum atomic E-state index is -1.51. The van der Waals surface area contributed by atoms with Crippen LogP contribution < -0.4 is 16.0 Å². The van der Waals surface area contributed by atoms with Gasteiger partial charge in [0.25, 0.3) is 0 Å². The number of ether oxygens (including phenoxy) is 2. The number of allylic oxidation sites excluding steroid dienone is 3. The first-order chi connectivity index (χ1) is 13.4. The maximum Gasteiger partial charge on any atom is 0.414 e. The van der Waals surface area contributed by atoms with Crippen LogP contribution in [-0.2, 0) is 9.47 Å². The van der Waals surface area contributed by atoms with Crippen molar-refractivity contribution in [3.63, 3.8) is 0 Å². The Morgan fingerprint density at radius 2 is 2.25 bits per heavy atom. The third kappa shape index (κ3) is 4.28. The number of nitrogens with two attached hydrogens (primary N) is 1. The molecule has 1 saturated heterocycles. The summed E-state index contributed by atoms with van der Waals surface area (Å²) in [5.41, 5.74) is 5.61. The van der Waals surface area contributed by atoms with E-state index in [0.29, 0.717) is 18.7 Å². The summed E-state index contributed by atoms with van der Waals surface area (Å²) >= 11 is 0. The van der Waals surface area contributed by atoms with Gasteiger partial charge in [0.1, 0.15) is 12.8 Å². The molecule has 4 N–H and O–H groups in total. The molecule has 0 bridgehead atoms. The summed E-state index contributed by atoms with van der Waals surface area (Å²) in [5, 5.41) is 8.89. The maximum atomic E-state index is 14.9. The van der Waals surface area contributed by atoms with Gasteiger partial charge in [0.15, 0.2) is 17.6 Å². The third-order valence-corrected chi connectivity index (χ3v) is 4.61.